The fourth-order valence-electron chi connectivity index (χ4n) is 1.62. The van der Waals surface area contributed by atoms with Gasteiger partial charge in [0.25, 0.3) is 0 Å². The molecule has 88 valence electrons. The van der Waals surface area contributed by atoms with Crippen molar-refractivity contribution in [3.8, 4) is 0 Å². The van der Waals surface area contributed by atoms with Gasteiger partial charge in [0, 0.05) is 6.54 Å². The lowest BCUT2D eigenvalue weighted by Crippen LogP contribution is -2.12. The predicted octanol–water partition coefficient (Wildman–Crippen LogP) is 3.59. The van der Waals surface area contributed by atoms with Crippen molar-refractivity contribution in [2.24, 2.45) is 0 Å². The van der Waals surface area contributed by atoms with Crippen molar-refractivity contribution in [2.75, 3.05) is 0 Å². The number of allylic oxidation sites excluding steroid dienone is 2. The average molecular weight is 285 g/mol. The van der Waals surface area contributed by atoms with E-state index in [2.05, 4.69) is 28.0 Å². The smallest absolute Gasteiger partial charge is 0.207 e. The number of aryl methyl sites for hydroxylation is 1. The number of carbonyl (C=O) groups is 1. The Morgan fingerprint density at radius 3 is 2.75 bits per heavy atom. The molecule has 16 heavy (non-hydrogen) atoms. The topological polar surface area (TPSA) is 34.9 Å². The highest BCUT2D eigenvalue weighted by atomic mass is 79.9. The molecule has 0 aliphatic rings. The third-order valence-corrected chi connectivity index (χ3v) is 3.05. The maximum Gasteiger partial charge on any atom is 0.207 e. The number of halogens is 1. The maximum atomic E-state index is 12.2. The number of hydrogen-bond acceptors (Lipinski definition) is 2. The van der Waals surface area contributed by atoms with Crippen molar-refractivity contribution in [1.29, 1.82) is 0 Å². The molecule has 0 amide bonds. The van der Waals surface area contributed by atoms with Gasteiger partial charge >= 0.3 is 0 Å². The first-order chi connectivity index (χ1) is 7.65. The van der Waals surface area contributed by atoms with Crippen LogP contribution in [0.2, 0.25) is 0 Å². The summed E-state index contributed by atoms with van der Waals surface area (Å²) < 4.78 is 2.55. The van der Waals surface area contributed by atoms with Crippen LogP contribution in [0.25, 0.3) is 0 Å². The summed E-state index contributed by atoms with van der Waals surface area (Å²) in [5.74, 6) is 0.0721. The van der Waals surface area contributed by atoms with Gasteiger partial charge in [-0.25, -0.2) is 0 Å². The van der Waals surface area contributed by atoms with E-state index in [0.29, 0.717) is 5.69 Å². The van der Waals surface area contributed by atoms with Crippen molar-refractivity contribution >= 4 is 21.7 Å². The summed E-state index contributed by atoms with van der Waals surface area (Å²) in [5.41, 5.74) is 1.50. The molecule has 1 rings (SSSR count). The zero-order valence-electron chi connectivity index (χ0n) is 9.96. The Labute approximate surface area is 105 Å². The van der Waals surface area contributed by atoms with Crippen LogP contribution in [-0.4, -0.2) is 15.6 Å². The third kappa shape index (κ3) is 2.61. The molecule has 1 aromatic heterocycles. The molecule has 0 N–H and O–H groups in total. The zero-order valence-corrected chi connectivity index (χ0v) is 11.5. The van der Waals surface area contributed by atoms with Crippen molar-refractivity contribution in [2.45, 2.75) is 40.2 Å². The normalized spacial score (nSPS) is 11.9. The van der Waals surface area contributed by atoms with Crippen LogP contribution in [-0.2, 0) is 6.54 Å². The molecule has 0 bridgehead atoms. The average Bonchev–Trinajstić information content (AvgIpc) is 2.62. The quantitative estimate of drug-likeness (QED) is 0.612. The molecule has 0 unspecified atom stereocenters. The maximum absolute atomic E-state index is 12.2. The van der Waals surface area contributed by atoms with Crippen molar-refractivity contribution in [1.82, 2.24) is 9.78 Å². The van der Waals surface area contributed by atoms with Crippen LogP contribution >= 0.6 is 15.9 Å². The predicted molar refractivity (Wildman–Crippen MR) is 68.6 cm³/mol. The first-order valence-electron chi connectivity index (χ1n) is 5.56. The molecular formula is C12H17BrN2O. The van der Waals surface area contributed by atoms with Gasteiger partial charge in [-0.15, -0.1) is 0 Å². The van der Waals surface area contributed by atoms with Gasteiger partial charge in [-0.2, -0.15) is 5.10 Å². The van der Waals surface area contributed by atoms with E-state index < -0.39 is 0 Å². The van der Waals surface area contributed by atoms with Crippen LogP contribution in [0.5, 0.6) is 0 Å². The van der Waals surface area contributed by atoms with E-state index in [4.69, 9.17) is 0 Å². The Balaban J connectivity index is 3.11. The highest BCUT2D eigenvalue weighted by molar-refractivity contribution is 9.10. The molecule has 0 atom stereocenters. The number of ketones is 1. The van der Waals surface area contributed by atoms with E-state index in [0.717, 1.165) is 29.4 Å². The fraction of sp³-hybridized carbons (Fsp3) is 0.500. The summed E-state index contributed by atoms with van der Waals surface area (Å²) >= 11 is 3.38. The van der Waals surface area contributed by atoms with Gasteiger partial charge < -0.3 is 0 Å². The highest BCUT2D eigenvalue weighted by Crippen LogP contribution is 2.21. The van der Waals surface area contributed by atoms with Gasteiger partial charge in [-0.1, -0.05) is 19.9 Å². The Hall–Kier alpha value is -0.900. The molecule has 0 saturated heterocycles. The lowest BCUT2D eigenvalue weighted by molar-refractivity contribution is 0.102. The van der Waals surface area contributed by atoms with Crippen LogP contribution in [0.1, 0.15) is 44.1 Å². The monoisotopic (exact) mass is 284 g/mol. The molecule has 4 heteroatoms. The lowest BCUT2D eigenvalue weighted by atomic mass is 10.1. The molecule has 0 aliphatic heterocycles. The Morgan fingerprint density at radius 1 is 1.56 bits per heavy atom. The van der Waals surface area contributed by atoms with Crippen molar-refractivity contribution in [3.63, 3.8) is 0 Å². The molecule has 0 aliphatic carbocycles. The van der Waals surface area contributed by atoms with Gasteiger partial charge in [0.1, 0.15) is 5.69 Å². The molecule has 0 fully saturated rings. The Bertz CT molecular complexity index is 407. The fourth-order valence-corrected chi connectivity index (χ4v) is 2.09. The summed E-state index contributed by atoms with van der Waals surface area (Å²) in [5, 5.41) is 4.20. The molecule has 3 nitrogen and oxygen atoms in total. The van der Waals surface area contributed by atoms with Crippen molar-refractivity contribution in [3.05, 3.63) is 28.0 Å². The van der Waals surface area contributed by atoms with E-state index in [9.17, 15) is 4.79 Å². The van der Waals surface area contributed by atoms with Crippen molar-refractivity contribution < 1.29 is 4.79 Å². The number of carbonyl (C=O) groups excluding carboxylic acids is 1. The van der Waals surface area contributed by atoms with Gasteiger partial charge in [0.05, 0.1) is 10.7 Å². The Morgan fingerprint density at radius 2 is 2.25 bits per heavy atom. The number of rotatable bonds is 5. The second kappa shape index (κ2) is 5.99. The minimum Gasteiger partial charge on any atom is -0.287 e. The van der Waals surface area contributed by atoms with Gasteiger partial charge in [0.15, 0.2) is 0 Å². The van der Waals surface area contributed by atoms with Gasteiger partial charge in [0.2, 0.25) is 5.78 Å². The second-order valence-electron chi connectivity index (χ2n) is 3.56. The van der Waals surface area contributed by atoms with Crippen LogP contribution in [0.4, 0.5) is 0 Å². The number of Topliss-reactive ketones (excluding diaryl/α,β-unsaturated/α-hetero) is 1. The molecule has 1 heterocycles. The largest absolute Gasteiger partial charge is 0.287 e. The summed E-state index contributed by atoms with van der Waals surface area (Å²) in [7, 11) is 0. The second-order valence-corrected chi connectivity index (χ2v) is 4.42. The van der Waals surface area contributed by atoms with Crippen LogP contribution < -0.4 is 0 Å². The molecule has 0 saturated carbocycles. The first kappa shape index (κ1) is 13.2. The lowest BCUT2D eigenvalue weighted by Gasteiger charge is -2.07. The summed E-state index contributed by atoms with van der Waals surface area (Å²) in [4.78, 5) is 12.2. The Kier molecular flexibility index (Phi) is 4.93. The van der Waals surface area contributed by atoms with Gasteiger partial charge in [-0.3, -0.25) is 9.48 Å². The van der Waals surface area contributed by atoms with E-state index in [-0.39, 0.29) is 5.78 Å². The molecular weight excluding hydrogens is 268 g/mol. The van der Waals surface area contributed by atoms with Crippen LogP contribution in [0.3, 0.4) is 0 Å². The van der Waals surface area contributed by atoms with E-state index in [1.54, 1.807) is 10.9 Å². The van der Waals surface area contributed by atoms with E-state index in [1.165, 1.54) is 0 Å². The molecule has 1 aromatic rings. The number of hydrogen-bond donors (Lipinski definition) is 0. The van der Waals surface area contributed by atoms with Crippen LogP contribution in [0, 0.1) is 0 Å². The van der Waals surface area contributed by atoms with E-state index >= 15 is 0 Å². The third-order valence-electron chi connectivity index (χ3n) is 2.47. The zero-order chi connectivity index (χ0) is 12.1. The molecule has 0 spiro atoms. The van der Waals surface area contributed by atoms with Crippen LogP contribution in [0.15, 0.2) is 22.3 Å². The highest BCUT2D eigenvalue weighted by Gasteiger charge is 2.18. The summed E-state index contributed by atoms with van der Waals surface area (Å²) in [6.07, 6.45) is 5.27. The number of nitrogens with zero attached hydrogens (tertiary/aromatic N) is 2. The van der Waals surface area contributed by atoms with E-state index in [1.807, 2.05) is 19.9 Å². The molecule has 0 aromatic carbocycles. The number of aromatic nitrogens is 2. The standard InChI is InChI=1S/C12H17BrN2O/c1-4-7-15-11(10(13)8-14-15)12(16)9(5-2)6-3/h5,8H,4,6-7H2,1-3H3. The SMILES string of the molecule is CC=C(CC)C(=O)c1c(Br)cnn1CCC. The summed E-state index contributed by atoms with van der Waals surface area (Å²) in [6, 6.07) is 0. The van der Waals surface area contributed by atoms with Gasteiger partial charge in [-0.05, 0) is 41.3 Å². The first-order valence-corrected chi connectivity index (χ1v) is 6.36. The molecule has 0 radical (unpaired) electrons. The minimum absolute atomic E-state index is 0.0721. The minimum atomic E-state index is 0.0721. The summed E-state index contributed by atoms with van der Waals surface area (Å²) in [6.45, 7) is 6.72.